The Bertz CT molecular complexity index is 954. The summed E-state index contributed by atoms with van der Waals surface area (Å²) in [5.41, 5.74) is 3.09. The van der Waals surface area contributed by atoms with E-state index in [1.807, 2.05) is 31.2 Å². The highest BCUT2D eigenvalue weighted by Gasteiger charge is 2.42. The first-order chi connectivity index (χ1) is 13.0. The van der Waals surface area contributed by atoms with E-state index < -0.39 is 16.1 Å². The lowest BCUT2D eigenvalue weighted by Gasteiger charge is -2.33. The summed E-state index contributed by atoms with van der Waals surface area (Å²) in [7, 11) is -3.68. The highest BCUT2D eigenvalue weighted by molar-refractivity contribution is 7.89. The Balaban J connectivity index is 1.64. The van der Waals surface area contributed by atoms with Gasteiger partial charge in [0.15, 0.2) is 0 Å². The summed E-state index contributed by atoms with van der Waals surface area (Å²) in [6, 6.07) is 14.1. The number of aryl methyl sites for hydroxylation is 2. The molecule has 1 fully saturated rings. The van der Waals surface area contributed by atoms with Crippen molar-refractivity contribution in [3.05, 3.63) is 59.7 Å². The normalized spacial score (nSPS) is 20.5. The van der Waals surface area contributed by atoms with Gasteiger partial charge in [-0.3, -0.25) is 4.79 Å². The molecule has 0 spiro atoms. The van der Waals surface area contributed by atoms with Crippen molar-refractivity contribution >= 4 is 21.6 Å². The Kier molecular flexibility index (Phi) is 4.78. The summed E-state index contributed by atoms with van der Waals surface area (Å²) in [6.45, 7) is 2.96. The smallest absolute Gasteiger partial charge is 0.245 e. The zero-order chi connectivity index (χ0) is 19.0. The summed E-state index contributed by atoms with van der Waals surface area (Å²) in [4.78, 5) is 15.4. The van der Waals surface area contributed by atoms with E-state index in [-0.39, 0.29) is 10.8 Å². The van der Waals surface area contributed by atoms with Crippen LogP contribution in [0.1, 0.15) is 30.4 Å². The van der Waals surface area contributed by atoms with Crippen LogP contribution in [0.15, 0.2) is 53.4 Å². The summed E-state index contributed by atoms with van der Waals surface area (Å²) >= 11 is 0. The van der Waals surface area contributed by atoms with Crippen molar-refractivity contribution in [3.8, 4) is 0 Å². The second-order valence-electron chi connectivity index (χ2n) is 7.31. The molecule has 1 amide bonds. The lowest BCUT2D eigenvalue weighted by Crippen LogP contribution is -2.49. The van der Waals surface area contributed by atoms with E-state index in [2.05, 4.69) is 0 Å². The lowest BCUT2D eigenvalue weighted by molar-refractivity contribution is -0.121. The minimum absolute atomic E-state index is 0.102. The maximum Gasteiger partial charge on any atom is 0.245 e. The fraction of sp³-hybridized carbons (Fsp3) is 0.381. The van der Waals surface area contributed by atoms with Crippen LogP contribution in [0.3, 0.4) is 0 Å². The predicted octanol–water partition coefficient (Wildman–Crippen LogP) is 3.13. The number of amides is 1. The second-order valence-corrected chi connectivity index (χ2v) is 9.20. The van der Waals surface area contributed by atoms with Gasteiger partial charge in [-0.2, -0.15) is 4.31 Å². The quantitative estimate of drug-likeness (QED) is 0.817. The molecule has 2 aromatic carbocycles. The number of para-hydroxylation sites is 1. The summed E-state index contributed by atoms with van der Waals surface area (Å²) in [5, 5.41) is 0. The minimum Gasteiger partial charge on any atom is -0.311 e. The molecule has 0 bridgehead atoms. The third-order valence-electron chi connectivity index (χ3n) is 5.49. The average Bonchev–Trinajstić information content (AvgIpc) is 3.18. The lowest BCUT2D eigenvalue weighted by atomic mass is 10.0. The maximum absolute atomic E-state index is 13.3. The number of anilines is 1. The predicted molar refractivity (Wildman–Crippen MR) is 105 cm³/mol. The van der Waals surface area contributed by atoms with Gasteiger partial charge in [0.2, 0.25) is 15.9 Å². The van der Waals surface area contributed by atoms with Crippen LogP contribution in [0.2, 0.25) is 0 Å². The summed E-state index contributed by atoms with van der Waals surface area (Å²) in [5.74, 6) is -0.102. The van der Waals surface area contributed by atoms with Gasteiger partial charge in [0.1, 0.15) is 6.04 Å². The molecular weight excluding hydrogens is 360 g/mol. The standard InChI is InChI=1S/C21H24N2O3S/c1-16-10-12-18(13-11-16)27(25,26)23-15-5-9-20(23)21(24)22-14-4-7-17-6-2-3-8-19(17)22/h2-3,6,8,10-13,20H,4-5,7,9,14-15H2,1H3/t20-/m0/s1. The summed E-state index contributed by atoms with van der Waals surface area (Å²) in [6.07, 6.45) is 3.13. The first kappa shape index (κ1) is 18.2. The number of carbonyl (C=O) groups excluding carboxylic acids is 1. The van der Waals surface area contributed by atoms with Crippen LogP contribution in [-0.4, -0.2) is 37.8 Å². The molecule has 0 unspecified atom stereocenters. The van der Waals surface area contributed by atoms with Crippen LogP contribution < -0.4 is 4.90 Å². The monoisotopic (exact) mass is 384 g/mol. The molecule has 2 heterocycles. The van der Waals surface area contributed by atoms with Gasteiger partial charge in [-0.25, -0.2) is 8.42 Å². The molecule has 1 atom stereocenters. The van der Waals surface area contributed by atoms with Crippen LogP contribution in [0.25, 0.3) is 0 Å². The van der Waals surface area contributed by atoms with Crippen molar-refractivity contribution in [2.24, 2.45) is 0 Å². The Labute approximate surface area is 160 Å². The molecule has 0 aromatic heterocycles. The largest absolute Gasteiger partial charge is 0.311 e. The maximum atomic E-state index is 13.3. The van der Waals surface area contributed by atoms with E-state index in [0.717, 1.165) is 29.7 Å². The number of benzene rings is 2. The van der Waals surface area contributed by atoms with Crippen molar-refractivity contribution in [1.82, 2.24) is 4.31 Å². The van der Waals surface area contributed by atoms with E-state index in [0.29, 0.717) is 25.9 Å². The molecule has 6 heteroatoms. The Morgan fingerprint density at radius 2 is 1.74 bits per heavy atom. The molecule has 142 valence electrons. The molecular formula is C21H24N2O3S. The van der Waals surface area contributed by atoms with Crippen LogP contribution in [0, 0.1) is 6.92 Å². The molecule has 4 rings (SSSR count). The van der Waals surface area contributed by atoms with Gasteiger partial charge in [0.05, 0.1) is 4.90 Å². The topological polar surface area (TPSA) is 57.7 Å². The van der Waals surface area contributed by atoms with Gasteiger partial charge in [-0.1, -0.05) is 35.9 Å². The van der Waals surface area contributed by atoms with Gasteiger partial charge in [-0.05, 0) is 56.4 Å². The Hall–Kier alpha value is -2.18. The number of carbonyl (C=O) groups is 1. The molecule has 2 aromatic rings. The molecule has 5 nitrogen and oxygen atoms in total. The number of rotatable bonds is 3. The zero-order valence-electron chi connectivity index (χ0n) is 15.5. The van der Waals surface area contributed by atoms with E-state index in [9.17, 15) is 13.2 Å². The minimum atomic E-state index is -3.68. The number of nitrogens with zero attached hydrogens (tertiary/aromatic N) is 2. The van der Waals surface area contributed by atoms with Crippen molar-refractivity contribution in [1.29, 1.82) is 0 Å². The number of hydrogen-bond donors (Lipinski definition) is 0. The molecule has 27 heavy (non-hydrogen) atoms. The Morgan fingerprint density at radius 1 is 1.00 bits per heavy atom. The van der Waals surface area contributed by atoms with E-state index >= 15 is 0 Å². The van der Waals surface area contributed by atoms with Crippen molar-refractivity contribution in [3.63, 3.8) is 0 Å². The van der Waals surface area contributed by atoms with E-state index in [1.54, 1.807) is 29.2 Å². The fourth-order valence-electron chi connectivity index (χ4n) is 4.06. The summed E-state index contributed by atoms with van der Waals surface area (Å²) < 4.78 is 27.7. The van der Waals surface area contributed by atoms with Crippen LogP contribution in [-0.2, 0) is 21.2 Å². The molecule has 1 saturated heterocycles. The zero-order valence-corrected chi connectivity index (χ0v) is 16.3. The van der Waals surface area contributed by atoms with Crippen LogP contribution >= 0.6 is 0 Å². The van der Waals surface area contributed by atoms with Gasteiger partial charge in [0, 0.05) is 18.8 Å². The van der Waals surface area contributed by atoms with Crippen LogP contribution in [0.4, 0.5) is 5.69 Å². The molecule has 0 radical (unpaired) electrons. The van der Waals surface area contributed by atoms with Crippen LogP contribution in [0.5, 0.6) is 0 Å². The third-order valence-corrected chi connectivity index (χ3v) is 7.41. The molecule has 2 aliphatic heterocycles. The third kappa shape index (κ3) is 3.28. The highest BCUT2D eigenvalue weighted by atomic mass is 32.2. The number of sulfonamides is 1. The van der Waals surface area contributed by atoms with Gasteiger partial charge in [-0.15, -0.1) is 0 Å². The Morgan fingerprint density at radius 3 is 2.52 bits per heavy atom. The highest BCUT2D eigenvalue weighted by Crippen LogP contribution is 2.32. The van der Waals surface area contributed by atoms with Gasteiger partial charge in [0.25, 0.3) is 0 Å². The van der Waals surface area contributed by atoms with Crippen molar-refractivity contribution in [2.75, 3.05) is 18.0 Å². The van der Waals surface area contributed by atoms with E-state index in [4.69, 9.17) is 0 Å². The first-order valence-corrected chi connectivity index (χ1v) is 10.9. The second kappa shape index (κ2) is 7.09. The van der Waals surface area contributed by atoms with Crippen molar-refractivity contribution in [2.45, 2.75) is 43.5 Å². The van der Waals surface area contributed by atoms with E-state index in [1.165, 1.54) is 4.31 Å². The first-order valence-electron chi connectivity index (χ1n) is 9.46. The number of fused-ring (bicyclic) bond motifs is 1. The molecule has 0 aliphatic carbocycles. The SMILES string of the molecule is Cc1ccc(S(=O)(=O)N2CCC[C@H]2C(=O)N2CCCc3ccccc32)cc1. The molecule has 0 N–H and O–H groups in total. The molecule has 0 saturated carbocycles. The average molecular weight is 385 g/mol. The molecule has 2 aliphatic rings. The fourth-order valence-corrected chi connectivity index (χ4v) is 5.71. The van der Waals surface area contributed by atoms with Gasteiger partial charge >= 0.3 is 0 Å². The van der Waals surface area contributed by atoms with Gasteiger partial charge < -0.3 is 4.90 Å². The number of hydrogen-bond acceptors (Lipinski definition) is 3. The van der Waals surface area contributed by atoms with Crippen molar-refractivity contribution < 1.29 is 13.2 Å².